The number of hydrogen-bond donors (Lipinski definition) is 2. The molecule has 3 rings (SSSR count). The summed E-state index contributed by atoms with van der Waals surface area (Å²) in [4.78, 5) is 12.2. The summed E-state index contributed by atoms with van der Waals surface area (Å²) >= 11 is 6.33. The van der Waals surface area contributed by atoms with Gasteiger partial charge >= 0.3 is 5.97 Å². The van der Waals surface area contributed by atoms with Crippen LogP contribution < -0.4 is 14.4 Å². The normalized spacial score (nSPS) is 14.3. The molecule has 0 unspecified atom stereocenters. The van der Waals surface area contributed by atoms with Crippen LogP contribution in [0.3, 0.4) is 0 Å². The van der Waals surface area contributed by atoms with Crippen molar-refractivity contribution in [3.8, 4) is 5.75 Å². The zero-order valence-corrected chi connectivity index (χ0v) is 18.1. The predicted molar refractivity (Wildman–Crippen MR) is 114 cm³/mol. The number of carboxylic acids is 1. The van der Waals surface area contributed by atoms with Crippen molar-refractivity contribution in [1.29, 1.82) is 0 Å². The third-order valence-electron chi connectivity index (χ3n) is 4.56. The highest BCUT2D eigenvalue weighted by atomic mass is 35.5. The second kappa shape index (κ2) is 10.2. The maximum absolute atomic E-state index is 14.4. The van der Waals surface area contributed by atoms with Crippen molar-refractivity contribution in [2.45, 2.75) is 17.7 Å². The Balaban J connectivity index is 1.77. The monoisotopic (exact) mass is 472 g/mol. The molecule has 0 atom stereocenters. The lowest BCUT2D eigenvalue weighted by atomic mass is 10.2. The van der Waals surface area contributed by atoms with Gasteiger partial charge in [-0.3, -0.25) is 9.52 Å². The fourth-order valence-electron chi connectivity index (χ4n) is 3.08. The minimum atomic E-state index is -4.11. The van der Waals surface area contributed by atoms with E-state index in [0.717, 1.165) is 6.07 Å². The largest absolute Gasteiger partial charge is 0.491 e. The Hall–Kier alpha value is -2.56. The number of benzene rings is 2. The summed E-state index contributed by atoms with van der Waals surface area (Å²) in [6, 6.07) is 8.15. The van der Waals surface area contributed by atoms with Crippen LogP contribution in [0, 0.1) is 5.82 Å². The molecule has 1 heterocycles. The van der Waals surface area contributed by atoms with Crippen LogP contribution in [-0.4, -0.2) is 52.4 Å². The molecule has 0 aromatic heterocycles. The number of aliphatic carboxylic acids is 1. The Kier molecular flexibility index (Phi) is 7.58. The number of nitrogens with zero attached hydrogens (tertiary/aromatic N) is 1. The predicted octanol–water partition coefficient (Wildman–Crippen LogP) is 3.36. The van der Waals surface area contributed by atoms with E-state index in [2.05, 4.69) is 4.72 Å². The molecule has 8 nitrogen and oxygen atoms in total. The molecule has 1 aliphatic heterocycles. The van der Waals surface area contributed by atoms with Gasteiger partial charge in [0.1, 0.15) is 0 Å². The van der Waals surface area contributed by atoms with Gasteiger partial charge < -0.3 is 19.5 Å². The van der Waals surface area contributed by atoms with Gasteiger partial charge in [-0.15, -0.1) is 0 Å². The molecule has 2 aromatic carbocycles. The molecule has 0 saturated carbocycles. The summed E-state index contributed by atoms with van der Waals surface area (Å²) in [7, 11) is -4.11. The molecule has 31 heavy (non-hydrogen) atoms. The van der Waals surface area contributed by atoms with Crippen molar-refractivity contribution in [3.63, 3.8) is 0 Å². The minimum Gasteiger partial charge on any atom is -0.491 e. The summed E-state index contributed by atoms with van der Waals surface area (Å²) in [5.41, 5.74) is 0.818. The van der Waals surface area contributed by atoms with E-state index in [4.69, 9.17) is 26.2 Å². The molecule has 0 aliphatic carbocycles. The molecule has 0 bridgehead atoms. The van der Waals surface area contributed by atoms with Gasteiger partial charge in [0.05, 0.1) is 41.1 Å². The summed E-state index contributed by atoms with van der Waals surface area (Å²) in [5.74, 6) is -1.99. The third-order valence-corrected chi connectivity index (χ3v) is 6.23. The van der Waals surface area contributed by atoms with Crippen LogP contribution in [0.25, 0.3) is 0 Å². The van der Waals surface area contributed by atoms with E-state index in [1.165, 1.54) is 12.1 Å². The van der Waals surface area contributed by atoms with Crippen LogP contribution in [0.15, 0.2) is 41.3 Å². The number of carbonyl (C=O) groups is 1. The van der Waals surface area contributed by atoms with Gasteiger partial charge in [-0.2, -0.15) is 0 Å². The van der Waals surface area contributed by atoms with Crippen LogP contribution in [0.2, 0.25) is 5.02 Å². The number of halogens is 2. The molecule has 0 radical (unpaired) electrons. The maximum Gasteiger partial charge on any atom is 0.303 e. The molecule has 0 spiro atoms. The molecule has 2 aromatic rings. The van der Waals surface area contributed by atoms with Crippen LogP contribution in [0.1, 0.15) is 12.8 Å². The molecule has 1 fully saturated rings. The highest BCUT2D eigenvalue weighted by molar-refractivity contribution is 7.92. The molecule has 168 valence electrons. The van der Waals surface area contributed by atoms with E-state index in [9.17, 15) is 17.6 Å². The van der Waals surface area contributed by atoms with E-state index in [1.807, 2.05) is 4.90 Å². The number of anilines is 2. The number of para-hydroxylation sites is 1. The average Bonchev–Trinajstić information content (AvgIpc) is 2.72. The summed E-state index contributed by atoms with van der Waals surface area (Å²) < 4.78 is 53.1. The molecule has 1 saturated heterocycles. The first-order valence-corrected chi connectivity index (χ1v) is 11.4. The van der Waals surface area contributed by atoms with Gasteiger partial charge in [-0.05, 0) is 36.8 Å². The van der Waals surface area contributed by atoms with Gasteiger partial charge in [0.15, 0.2) is 11.6 Å². The highest BCUT2D eigenvalue weighted by Gasteiger charge is 2.23. The summed E-state index contributed by atoms with van der Waals surface area (Å²) in [6.45, 7) is 2.11. The van der Waals surface area contributed by atoms with E-state index in [-0.39, 0.29) is 35.8 Å². The fraction of sp³-hybridized carbons (Fsp3) is 0.350. The molecule has 2 N–H and O–H groups in total. The highest BCUT2D eigenvalue weighted by Crippen LogP contribution is 2.36. The van der Waals surface area contributed by atoms with Crippen LogP contribution in [0.4, 0.5) is 15.8 Å². The van der Waals surface area contributed by atoms with Gasteiger partial charge in [0, 0.05) is 19.5 Å². The molecular formula is C20H22ClFN2O6S. The van der Waals surface area contributed by atoms with E-state index < -0.39 is 21.8 Å². The number of hydrogen-bond acceptors (Lipinski definition) is 6. The van der Waals surface area contributed by atoms with Crippen molar-refractivity contribution in [3.05, 3.63) is 47.2 Å². The van der Waals surface area contributed by atoms with E-state index in [0.29, 0.717) is 37.0 Å². The van der Waals surface area contributed by atoms with Gasteiger partial charge in [-0.1, -0.05) is 17.7 Å². The topological polar surface area (TPSA) is 105 Å². The quantitative estimate of drug-likeness (QED) is 0.539. The molecule has 1 aliphatic rings. The summed E-state index contributed by atoms with van der Waals surface area (Å²) in [5, 5.41) is 9.00. The Bertz CT molecular complexity index is 1040. The SMILES string of the molecule is O=C(O)CCCOc1ccc(S(=O)(=O)Nc2cccc(Cl)c2N2CCOCC2)cc1F. The third kappa shape index (κ3) is 5.99. The lowest BCUT2D eigenvalue weighted by Crippen LogP contribution is -2.37. The first-order chi connectivity index (χ1) is 14.8. The number of ether oxygens (including phenoxy) is 2. The average molecular weight is 473 g/mol. The van der Waals surface area contributed by atoms with Crippen LogP contribution >= 0.6 is 11.6 Å². The number of sulfonamides is 1. The number of rotatable bonds is 9. The molecular weight excluding hydrogens is 451 g/mol. The maximum atomic E-state index is 14.4. The van der Waals surface area contributed by atoms with Gasteiger partial charge in [0.2, 0.25) is 0 Å². The Morgan fingerprint density at radius 2 is 2.00 bits per heavy atom. The number of morpholine rings is 1. The second-order valence-corrected chi connectivity index (χ2v) is 8.87. The van der Waals surface area contributed by atoms with Crippen LogP contribution in [-0.2, 0) is 19.6 Å². The van der Waals surface area contributed by atoms with Crippen molar-refractivity contribution < 1.29 is 32.2 Å². The second-order valence-electron chi connectivity index (χ2n) is 6.78. The minimum absolute atomic E-state index is 0.00100. The molecule has 11 heteroatoms. The van der Waals surface area contributed by atoms with Crippen molar-refractivity contribution in [1.82, 2.24) is 0 Å². The first kappa shape index (κ1) is 23.1. The van der Waals surface area contributed by atoms with Crippen LogP contribution in [0.5, 0.6) is 5.75 Å². The number of nitrogens with one attached hydrogen (secondary N) is 1. The summed E-state index contributed by atoms with van der Waals surface area (Å²) in [6.07, 6.45) is 0.0958. The zero-order chi connectivity index (χ0) is 22.4. The lowest BCUT2D eigenvalue weighted by Gasteiger charge is -2.31. The van der Waals surface area contributed by atoms with Crippen molar-refractivity contribution in [2.75, 3.05) is 42.5 Å². The lowest BCUT2D eigenvalue weighted by molar-refractivity contribution is -0.137. The van der Waals surface area contributed by atoms with E-state index in [1.54, 1.807) is 18.2 Å². The first-order valence-electron chi connectivity index (χ1n) is 9.56. The molecule has 0 amide bonds. The Morgan fingerprint density at radius 1 is 1.26 bits per heavy atom. The van der Waals surface area contributed by atoms with E-state index >= 15 is 0 Å². The van der Waals surface area contributed by atoms with Crippen molar-refractivity contribution >= 4 is 39.0 Å². The number of carboxylic acid groups (broad SMARTS) is 1. The Morgan fingerprint density at radius 3 is 2.68 bits per heavy atom. The van der Waals surface area contributed by atoms with Gasteiger partial charge in [0.25, 0.3) is 10.0 Å². The fourth-order valence-corrected chi connectivity index (χ4v) is 4.45. The van der Waals surface area contributed by atoms with Crippen molar-refractivity contribution in [2.24, 2.45) is 0 Å². The standard InChI is InChI=1S/C20H22ClFN2O6S/c21-15-3-1-4-17(20(15)24-8-11-29-12-9-24)23-31(27,28)14-6-7-18(16(22)13-14)30-10-2-5-19(25)26/h1,3-4,6-7,13,23H,2,5,8-12H2,(H,25,26). The van der Waals surface area contributed by atoms with Gasteiger partial charge in [-0.25, -0.2) is 12.8 Å². The smallest absolute Gasteiger partial charge is 0.303 e. The Labute approximate surface area is 184 Å². The zero-order valence-electron chi connectivity index (χ0n) is 16.5.